The van der Waals surface area contributed by atoms with Crippen molar-refractivity contribution in [3.63, 3.8) is 0 Å². The summed E-state index contributed by atoms with van der Waals surface area (Å²) in [6.07, 6.45) is 7.83. The molecule has 2 aromatic rings. The predicted octanol–water partition coefficient (Wildman–Crippen LogP) is 2.53. The van der Waals surface area contributed by atoms with E-state index < -0.39 is 0 Å². The Labute approximate surface area is 122 Å². The maximum atomic E-state index is 12.4. The fourth-order valence-corrected chi connectivity index (χ4v) is 3.76. The van der Waals surface area contributed by atoms with Crippen molar-refractivity contribution in [2.45, 2.75) is 32.2 Å². The summed E-state index contributed by atoms with van der Waals surface area (Å²) in [5.74, 6) is -0.0567. The number of aryl methyl sites for hydroxylation is 1. The van der Waals surface area contributed by atoms with Crippen LogP contribution in [0, 0.1) is 0 Å². The summed E-state index contributed by atoms with van der Waals surface area (Å²) in [5.41, 5.74) is 8.96. The predicted molar refractivity (Wildman–Crippen MR) is 80.8 cm³/mol. The van der Waals surface area contributed by atoms with E-state index in [1.165, 1.54) is 16.9 Å². The molecule has 20 heavy (non-hydrogen) atoms. The average molecular weight is 287 g/mol. The number of nitrogens with one attached hydrogen (secondary N) is 1. The molecule has 0 aliphatic heterocycles. The lowest BCUT2D eigenvalue weighted by Gasteiger charge is -2.12. The number of carbonyl (C=O) groups is 1. The number of nitrogen functional groups attached to an aromatic ring is 1. The topological polar surface area (TPSA) is 68.0 Å². The molecular weight excluding hydrogens is 270 g/mol. The van der Waals surface area contributed by atoms with Gasteiger partial charge < -0.3 is 11.1 Å². The fourth-order valence-electron chi connectivity index (χ4n) is 2.61. The van der Waals surface area contributed by atoms with E-state index in [4.69, 9.17) is 5.73 Å². The number of hydrogen-bond donors (Lipinski definition) is 2. The van der Waals surface area contributed by atoms with Crippen LogP contribution in [-0.4, -0.2) is 10.9 Å². The molecule has 0 saturated heterocycles. The normalized spacial score (nSPS) is 13.8. The standard InChI is InChI=1S/C15H17N3OS/c16-14-13(11-3-1-2-4-12(11)20-14)15(19)18-9-10-5-7-17-8-6-10/h5-8H,1-4,9,16H2,(H,18,19). The molecule has 5 heteroatoms. The molecule has 0 bridgehead atoms. The van der Waals surface area contributed by atoms with E-state index in [1.807, 2.05) is 12.1 Å². The van der Waals surface area contributed by atoms with Crippen molar-refractivity contribution in [1.29, 1.82) is 0 Å². The Morgan fingerprint density at radius 3 is 2.85 bits per heavy atom. The summed E-state index contributed by atoms with van der Waals surface area (Å²) in [5, 5.41) is 3.61. The Kier molecular flexibility index (Phi) is 3.69. The number of rotatable bonds is 3. The molecule has 3 N–H and O–H groups in total. The number of pyridine rings is 1. The number of nitrogens with zero attached hydrogens (tertiary/aromatic N) is 1. The molecule has 0 spiro atoms. The van der Waals surface area contributed by atoms with Crippen LogP contribution in [0.15, 0.2) is 24.5 Å². The van der Waals surface area contributed by atoms with Crippen molar-refractivity contribution in [3.05, 3.63) is 46.1 Å². The Hall–Kier alpha value is -1.88. The maximum absolute atomic E-state index is 12.4. The van der Waals surface area contributed by atoms with E-state index in [-0.39, 0.29) is 5.91 Å². The highest BCUT2D eigenvalue weighted by molar-refractivity contribution is 7.16. The van der Waals surface area contributed by atoms with Crippen LogP contribution in [0.25, 0.3) is 0 Å². The molecule has 1 aliphatic carbocycles. The fraction of sp³-hybridized carbons (Fsp3) is 0.333. The van der Waals surface area contributed by atoms with Crippen molar-refractivity contribution in [3.8, 4) is 0 Å². The third-order valence-corrected chi connectivity index (χ3v) is 4.75. The van der Waals surface area contributed by atoms with E-state index >= 15 is 0 Å². The van der Waals surface area contributed by atoms with Gasteiger partial charge >= 0.3 is 0 Å². The summed E-state index contributed by atoms with van der Waals surface area (Å²) in [6, 6.07) is 3.79. The quantitative estimate of drug-likeness (QED) is 0.911. The van der Waals surface area contributed by atoms with Crippen LogP contribution in [-0.2, 0) is 19.4 Å². The van der Waals surface area contributed by atoms with Gasteiger partial charge in [0.2, 0.25) is 0 Å². The van der Waals surface area contributed by atoms with Gasteiger partial charge in [-0.25, -0.2) is 0 Å². The first-order valence-corrected chi connectivity index (χ1v) is 7.64. The van der Waals surface area contributed by atoms with Crippen molar-refractivity contribution in [2.24, 2.45) is 0 Å². The third-order valence-electron chi connectivity index (χ3n) is 3.63. The molecule has 0 aromatic carbocycles. The zero-order valence-corrected chi connectivity index (χ0v) is 12.0. The van der Waals surface area contributed by atoms with Gasteiger partial charge in [-0.05, 0) is 48.9 Å². The molecule has 0 atom stereocenters. The van der Waals surface area contributed by atoms with Gasteiger partial charge in [-0.15, -0.1) is 11.3 Å². The molecule has 3 rings (SSSR count). The van der Waals surface area contributed by atoms with Crippen molar-refractivity contribution < 1.29 is 4.79 Å². The van der Waals surface area contributed by atoms with Crippen LogP contribution in [0.3, 0.4) is 0 Å². The van der Waals surface area contributed by atoms with Crippen molar-refractivity contribution in [1.82, 2.24) is 10.3 Å². The molecule has 0 saturated carbocycles. The highest BCUT2D eigenvalue weighted by atomic mass is 32.1. The lowest BCUT2D eigenvalue weighted by molar-refractivity contribution is 0.0951. The number of aromatic nitrogens is 1. The van der Waals surface area contributed by atoms with Crippen LogP contribution < -0.4 is 11.1 Å². The number of nitrogens with two attached hydrogens (primary N) is 1. The Morgan fingerprint density at radius 2 is 2.05 bits per heavy atom. The molecule has 0 radical (unpaired) electrons. The largest absolute Gasteiger partial charge is 0.390 e. The molecule has 2 aromatic heterocycles. The molecule has 0 fully saturated rings. The van der Waals surface area contributed by atoms with Crippen molar-refractivity contribution in [2.75, 3.05) is 5.73 Å². The third kappa shape index (κ3) is 2.54. The number of fused-ring (bicyclic) bond motifs is 1. The molecule has 4 nitrogen and oxygen atoms in total. The van der Waals surface area contributed by atoms with Crippen LogP contribution in [0.2, 0.25) is 0 Å². The minimum atomic E-state index is -0.0567. The van der Waals surface area contributed by atoms with Crippen LogP contribution in [0.5, 0.6) is 0 Å². The molecule has 1 amide bonds. The molecule has 2 heterocycles. The van der Waals surface area contributed by atoms with Crippen LogP contribution >= 0.6 is 11.3 Å². The lowest BCUT2D eigenvalue weighted by Crippen LogP contribution is -2.24. The van der Waals surface area contributed by atoms with Gasteiger partial charge in [0.15, 0.2) is 0 Å². The second-order valence-corrected chi connectivity index (χ2v) is 6.13. The Balaban J connectivity index is 1.76. The zero-order chi connectivity index (χ0) is 13.9. The van der Waals surface area contributed by atoms with E-state index in [2.05, 4.69) is 10.3 Å². The molecular formula is C15H17N3OS. The first-order chi connectivity index (χ1) is 9.75. The van der Waals surface area contributed by atoms with Gasteiger partial charge in [0.05, 0.1) is 10.6 Å². The van der Waals surface area contributed by atoms with Gasteiger partial charge in [0.1, 0.15) is 0 Å². The Morgan fingerprint density at radius 1 is 1.30 bits per heavy atom. The van der Waals surface area contributed by atoms with E-state index in [0.29, 0.717) is 17.1 Å². The highest BCUT2D eigenvalue weighted by Gasteiger charge is 2.23. The first kappa shape index (κ1) is 13.1. The highest BCUT2D eigenvalue weighted by Crippen LogP contribution is 2.36. The number of amides is 1. The number of hydrogen-bond acceptors (Lipinski definition) is 4. The SMILES string of the molecule is Nc1sc2c(c1C(=O)NCc1ccncc1)CCCC2. The van der Waals surface area contributed by atoms with Crippen LogP contribution in [0.4, 0.5) is 5.00 Å². The van der Waals surface area contributed by atoms with Gasteiger partial charge in [-0.1, -0.05) is 0 Å². The number of anilines is 1. The van der Waals surface area contributed by atoms with Gasteiger partial charge in [-0.3, -0.25) is 9.78 Å². The van der Waals surface area contributed by atoms with Gasteiger partial charge in [-0.2, -0.15) is 0 Å². The maximum Gasteiger partial charge on any atom is 0.254 e. The molecule has 1 aliphatic rings. The molecule has 0 unspecified atom stereocenters. The summed E-state index contributed by atoms with van der Waals surface area (Å²) in [6.45, 7) is 0.505. The molecule has 104 valence electrons. The summed E-state index contributed by atoms with van der Waals surface area (Å²) < 4.78 is 0. The summed E-state index contributed by atoms with van der Waals surface area (Å²) in [7, 11) is 0. The van der Waals surface area contributed by atoms with E-state index in [0.717, 1.165) is 24.8 Å². The average Bonchev–Trinajstić information content (AvgIpc) is 2.82. The monoisotopic (exact) mass is 287 g/mol. The van der Waals surface area contributed by atoms with Crippen molar-refractivity contribution >= 4 is 22.2 Å². The van der Waals surface area contributed by atoms with E-state index in [1.54, 1.807) is 23.7 Å². The second-order valence-electron chi connectivity index (χ2n) is 4.99. The first-order valence-electron chi connectivity index (χ1n) is 6.83. The smallest absolute Gasteiger partial charge is 0.254 e. The number of thiophene rings is 1. The van der Waals surface area contributed by atoms with E-state index in [9.17, 15) is 4.79 Å². The second kappa shape index (κ2) is 5.63. The summed E-state index contributed by atoms with van der Waals surface area (Å²) in [4.78, 5) is 17.6. The summed E-state index contributed by atoms with van der Waals surface area (Å²) >= 11 is 1.57. The zero-order valence-electron chi connectivity index (χ0n) is 11.2. The minimum absolute atomic E-state index is 0.0567. The van der Waals surface area contributed by atoms with Gasteiger partial charge in [0, 0.05) is 23.8 Å². The van der Waals surface area contributed by atoms with Crippen LogP contribution in [0.1, 0.15) is 39.2 Å². The Bertz CT molecular complexity index is 622. The lowest BCUT2D eigenvalue weighted by atomic mass is 9.95. The van der Waals surface area contributed by atoms with Gasteiger partial charge in [0.25, 0.3) is 5.91 Å². The minimum Gasteiger partial charge on any atom is -0.390 e. The number of carbonyl (C=O) groups excluding carboxylic acids is 1.